The Morgan fingerprint density at radius 3 is 2.53 bits per heavy atom. The number of alkyl halides is 1. The van der Waals surface area contributed by atoms with Gasteiger partial charge < -0.3 is 9.80 Å². The highest BCUT2D eigenvalue weighted by molar-refractivity contribution is 9.10. The zero-order valence-corrected chi connectivity index (χ0v) is 14.0. The Hall–Kier alpha value is -0.390. The molecule has 1 fully saturated rings. The monoisotopic (exact) mass is 388 g/mol. The summed E-state index contributed by atoms with van der Waals surface area (Å²) in [5, 5.41) is 0.994. The fourth-order valence-corrected chi connectivity index (χ4v) is 3.06. The van der Waals surface area contributed by atoms with Crippen LogP contribution >= 0.6 is 31.9 Å². The van der Waals surface area contributed by atoms with Crippen molar-refractivity contribution >= 4 is 37.8 Å². The van der Waals surface area contributed by atoms with Crippen LogP contribution in [0.3, 0.4) is 0 Å². The van der Waals surface area contributed by atoms with E-state index in [1.807, 2.05) is 29.2 Å². The molecule has 2 rings (SSSR count). The van der Waals surface area contributed by atoms with E-state index in [1.165, 1.54) is 0 Å². The molecule has 19 heavy (non-hydrogen) atoms. The second kappa shape index (κ2) is 7.41. The molecule has 1 heterocycles. The summed E-state index contributed by atoms with van der Waals surface area (Å²) in [6.07, 6.45) is 1.05. The van der Waals surface area contributed by atoms with Gasteiger partial charge in [0.2, 0.25) is 0 Å². The second-order valence-electron chi connectivity index (χ2n) is 4.68. The van der Waals surface area contributed by atoms with Crippen molar-refractivity contribution in [2.24, 2.45) is 0 Å². The van der Waals surface area contributed by atoms with E-state index in [2.05, 4.69) is 36.8 Å². The number of benzene rings is 1. The minimum Gasteiger partial charge on any atom is -0.337 e. The normalized spacial score (nSPS) is 17.3. The molecule has 0 saturated carbocycles. The van der Waals surface area contributed by atoms with Gasteiger partial charge in [-0.1, -0.05) is 31.9 Å². The van der Waals surface area contributed by atoms with Crippen molar-refractivity contribution in [2.75, 3.05) is 38.1 Å². The highest BCUT2D eigenvalue weighted by atomic mass is 79.9. The average molecular weight is 390 g/mol. The molecule has 1 amide bonds. The fraction of sp³-hybridized carbons (Fsp3) is 0.500. The summed E-state index contributed by atoms with van der Waals surface area (Å²) in [6, 6.07) is 7.60. The van der Waals surface area contributed by atoms with Crippen molar-refractivity contribution in [3.63, 3.8) is 0 Å². The van der Waals surface area contributed by atoms with Gasteiger partial charge in [0, 0.05) is 41.5 Å². The van der Waals surface area contributed by atoms with E-state index in [-0.39, 0.29) is 5.91 Å². The Morgan fingerprint density at radius 1 is 1.11 bits per heavy atom. The van der Waals surface area contributed by atoms with Gasteiger partial charge in [0.25, 0.3) is 5.91 Å². The summed E-state index contributed by atoms with van der Waals surface area (Å²) in [5.74, 6) is 0.146. The first kappa shape index (κ1) is 15.0. The van der Waals surface area contributed by atoms with E-state index in [0.29, 0.717) is 0 Å². The van der Waals surface area contributed by atoms with E-state index in [9.17, 15) is 4.79 Å². The van der Waals surface area contributed by atoms with Gasteiger partial charge in [-0.25, -0.2) is 0 Å². The first-order chi connectivity index (χ1) is 9.20. The molecule has 5 heteroatoms. The number of carbonyl (C=O) groups is 1. The molecule has 1 saturated heterocycles. The molecule has 1 aliphatic rings. The third-order valence-electron chi connectivity index (χ3n) is 3.37. The van der Waals surface area contributed by atoms with E-state index in [0.717, 1.165) is 54.5 Å². The molecular weight excluding hydrogens is 372 g/mol. The number of hydrogen-bond donors (Lipinski definition) is 0. The van der Waals surface area contributed by atoms with Gasteiger partial charge in [0.1, 0.15) is 0 Å². The fourth-order valence-electron chi connectivity index (χ4n) is 2.29. The van der Waals surface area contributed by atoms with Gasteiger partial charge in [-0.3, -0.25) is 4.79 Å². The van der Waals surface area contributed by atoms with Crippen molar-refractivity contribution in [3.05, 3.63) is 34.3 Å². The molecule has 104 valence electrons. The maximum Gasteiger partial charge on any atom is 0.253 e. The number of nitrogens with zero attached hydrogens (tertiary/aromatic N) is 2. The predicted octanol–water partition coefficient (Wildman–Crippen LogP) is 2.99. The molecule has 0 radical (unpaired) electrons. The Morgan fingerprint density at radius 2 is 1.84 bits per heavy atom. The van der Waals surface area contributed by atoms with Crippen LogP contribution in [0.2, 0.25) is 0 Å². The topological polar surface area (TPSA) is 23.6 Å². The van der Waals surface area contributed by atoms with Crippen molar-refractivity contribution in [1.29, 1.82) is 0 Å². The molecule has 0 unspecified atom stereocenters. The third-order valence-corrected chi connectivity index (χ3v) is 4.25. The Labute approximate surface area is 131 Å². The summed E-state index contributed by atoms with van der Waals surface area (Å²) in [5.41, 5.74) is 0.775. The number of hydrogen-bond acceptors (Lipinski definition) is 2. The van der Waals surface area contributed by atoms with E-state index in [1.54, 1.807) is 0 Å². The summed E-state index contributed by atoms with van der Waals surface area (Å²) < 4.78 is 1.00. The SMILES string of the molecule is O=C(c1ccc(Br)cc1)N1CCCN(CCBr)CC1. The predicted molar refractivity (Wildman–Crippen MR) is 84.9 cm³/mol. The lowest BCUT2D eigenvalue weighted by Crippen LogP contribution is -2.35. The average Bonchev–Trinajstić information content (AvgIpc) is 2.65. The first-order valence-electron chi connectivity index (χ1n) is 6.54. The lowest BCUT2D eigenvalue weighted by Gasteiger charge is -2.21. The molecular formula is C14H18Br2N2O. The molecule has 0 bridgehead atoms. The van der Waals surface area contributed by atoms with Crippen LogP contribution in [0.1, 0.15) is 16.8 Å². The summed E-state index contributed by atoms with van der Waals surface area (Å²) >= 11 is 6.86. The molecule has 0 atom stereocenters. The Bertz CT molecular complexity index is 422. The first-order valence-corrected chi connectivity index (χ1v) is 8.45. The zero-order valence-electron chi connectivity index (χ0n) is 10.8. The molecule has 0 spiro atoms. The van der Waals surface area contributed by atoms with Crippen LogP contribution in [0.25, 0.3) is 0 Å². The molecule has 0 aliphatic carbocycles. The summed E-state index contributed by atoms with van der Waals surface area (Å²) in [4.78, 5) is 16.8. The quantitative estimate of drug-likeness (QED) is 0.742. The van der Waals surface area contributed by atoms with Crippen LogP contribution in [0.4, 0.5) is 0 Å². The molecule has 0 N–H and O–H groups in total. The van der Waals surface area contributed by atoms with Crippen LogP contribution in [-0.2, 0) is 0 Å². The summed E-state index contributed by atoms with van der Waals surface area (Å²) in [7, 11) is 0. The minimum atomic E-state index is 0.146. The van der Waals surface area contributed by atoms with Crippen LogP contribution in [-0.4, -0.2) is 53.8 Å². The van der Waals surface area contributed by atoms with Crippen molar-refractivity contribution in [2.45, 2.75) is 6.42 Å². The van der Waals surface area contributed by atoms with E-state index < -0.39 is 0 Å². The van der Waals surface area contributed by atoms with Crippen LogP contribution < -0.4 is 0 Å². The maximum absolute atomic E-state index is 12.4. The molecule has 1 aliphatic heterocycles. The lowest BCUT2D eigenvalue weighted by atomic mass is 10.2. The van der Waals surface area contributed by atoms with Gasteiger partial charge in [-0.05, 0) is 37.2 Å². The number of carbonyl (C=O) groups excluding carboxylic acids is 1. The Kier molecular flexibility index (Phi) is 5.85. The van der Waals surface area contributed by atoms with Gasteiger partial charge >= 0.3 is 0 Å². The molecule has 1 aromatic carbocycles. The summed E-state index contributed by atoms with van der Waals surface area (Å²) in [6.45, 7) is 4.78. The van der Waals surface area contributed by atoms with Gasteiger partial charge in [0.15, 0.2) is 0 Å². The third kappa shape index (κ3) is 4.29. The highest BCUT2D eigenvalue weighted by Crippen LogP contribution is 2.13. The van der Waals surface area contributed by atoms with E-state index >= 15 is 0 Å². The zero-order chi connectivity index (χ0) is 13.7. The van der Waals surface area contributed by atoms with Crippen molar-refractivity contribution in [1.82, 2.24) is 9.80 Å². The smallest absolute Gasteiger partial charge is 0.253 e. The second-order valence-corrected chi connectivity index (χ2v) is 6.39. The number of halogens is 2. The van der Waals surface area contributed by atoms with Crippen LogP contribution in [0.5, 0.6) is 0 Å². The van der Waals surface area contributed by atoms with E-state index in [4.69, 9.17) is 0 Å². The largest absolute Gasteiger partial charge is 0.337 e. The van der Waals surface area contributed by atoms with Gasteiger partial charge in [-0.2, -0.15) is 0 Å². The standard InChI is InChI=1S/C14H18Br2N2O/c15-6-9-17-7-1-8-18(11-10-17)14(19)12-2-4-13(16)5-3-12/h2-5H,1,6-11H2. The Balaban J connectivity index is 1.98. The highest BCUT2D eigenvalue weighted by Gasteiger charge is 2.19. The lowest BCUT2D eigenvalue weighted by molar-refractivity contribution is 0.0762. The van der Waals surface area contributed by atoms with Gasteiger partial charge in [0.05, 0.1) is 0 Å². The molecule has 1 aromatic rings. The van der Waals surface area contributed by atoms with Gasteiger partial charge in [-0.15, -0.1) is 0 Å². The minimum absolute atomic E-state index is 0.146. The van der Waals surface area contributed by atoms with Crippen LogP contribution in [0.15, 0.2) is 28.7 Å². The van der Waals surface area contributed by atoms with Crippen molar-refractivity contribution < 1.29 is 4.79 Å². The maximum atomic E-state index is 12.4. The number of rotatable bonds is 3. The number of amides is 1. The van der Waals surface area contributed by atoms with Crippen LogP contribution in [0, 0.1) is 0 Å². The van der Waals surface area contributed by atoms with Crippen molar-refractivity contribution in [3.8, 4) is 0 Å². The molecule has 3 nitrogen and oxygen atoms in total. The molecule has 0 aromatic heterocycles.